The van der Waals surface area contributed by atoms with E-state index in [4.69, 9.17) is 5.11 Å². The summed E-state index contributed by atoms with van der Waals surface area (Å²) in [5.74, 6) is 0. The zero-order valence-electron chi connectivity index (χ0n) is 13.9. The lowest BCUT2D eigenvalue weighted by Gasteiger charge is -2.12. The van der Waals surface area contributed by atoms with Crippen molar-refractivity contribution in [3.05, 3.63) is 0 Å². The van der Waals surface area contributed by atoms with Crippen molar-refractivity contribution in [2.24, 2.45) is 0 Å². The van der Waals surface area contributed by atoms with Gasteiger partial charge in [0, 0.05) is 0 Å². The largest absolute Gasteiger partial charge is 0.391 e. The number of rotatable bonds is 15. The molecule has 20 heavy (non-hydrogen) atoms. The van der Waals surface area contributed by atoms with Crippen molar-refractivity contribution in [2.75, 3.05) is 0 Å². The third-order valence-electron chi connectivity index (χ3n) is 4.16. The molecule has 0 heterocycles. The van der Waals surface area contributed by atoms with Crippen LogP contribution >= 0.6 is 0 Å². The Labute approximate surface area is 127 Å². The number of unbranched alkanes of at least 4 members (excludes halogenated alkanes) is 12. The molecule has 2 N–H and O–H groups in total. The molecule has 0 bridgehead atoms. The molecule has 0 rings (SSSR count). The number of aliphatic hydroxyl groups is 2. The van der Waals surface area contributed by atoms with Gasteiger partial charge in [-0.3, -0.25) is 0 Å². The Kier molecular flexibility index (Phi) is 15.3. The van der Waals surface area contributed by atoms with E-state index in [-0.39, 0.29) is 0 Å². The third-order valence-corrected chi connectivity index (χ3v) is 4.16. The lowest BCUT2D eigenvalue weighted by Crippen LogP contribution is -2.21. The molecule has 0 amide bonds. The number of hydrogen-bond acceptors (Lipinski definition) is 2. The summed E-state index contributed by atoms with van der Waals surface area (Å²) < 4.78 is 0. The minimum atomic E-state index is -0.577. The van der Waals surface area contributed by atoms with Gasteiger partial charge in [0.2, 0.25) is 0 Å². The van der Waals surface area contributed by atoms with Gasteiger partial charge in [0.1, 0.15) is 0 Å². The van der Waals surface area contributed by atoms with Crippen molar-refractivity contribution in [1.82, 2.24) is 0 Å². The van der Waals surface area contributed by atoms with E-state index >= 15 is 0 Å². The van der Waals surface area contributed by atoms with Crippen LogP contribution < -0.4 is 0 Å². The first-order valence-electron chi connectivity index (χ1n) is 9.04. The maximum atomic E-state index is 9.45. The van der Waals surface area contributed by atoms with Crippen LogP contribution in [0.5, 0.6) is 0 Å². The van der Waals surface area contributed by atoms with Gasteiger partial charge in [-0.25, -0.2) is 0 Å². The SMILES string of the molecule is CCCCCCCCCCCCCCC[C@H](O)[C@H](C)O. The van der Waals surface area contributed by atoms with Crippen LogP contribution in [-0.4, -0.2) is 22.4 Å². The molecule has 0 unspecified atom stereocenters. The van der Waals surface area contributed by atoms with E-state index in [1.54, 1.807) is 6.92 Å². The fourth-order valence-corrected chi connectivity index (χ4v) is 2.61. The highest BCUT2D eigenvalue weighted by Crippen LogP contribution is 2.13. The predicted octanol–water partition coefficient (Wildman–Crippen LogP) is 5.21. The van der Waals surface area contributed by atoms with E-state index in [2.05, 4.69) is 6.92 Å². The maximum Gasteiger partial charge on any atom is 0.0796 e. The monoisotopic (exact) mass is 286 g/mol. The molecule has 0 radical (unpaired) electrons. The Hall–Kier alpha value is -0.0800. The molecule has 0 spiro atoms. The molecule has 0 aliphatic rings. The summed E-state index contributed by atoms with van der Waals surface area (Å²) in [6.45, 7) is 3.93. The van der Waals surface area contributed by atoms with Gasteiger partial charge in [-0.05, 0) is 13.3 Å². The summed E-state index contributed by atoms with van der Waals surface area (Å²) in [5.41, 5.74) is 0. The smallest absolute Gasteiger partial charge is 0.0796 e. The van der Waals surface area contributed by atoms with Crippen LogP contribution in [0.2, 0.25) is 0 Å². The van der Waals surface area contributed by atoms with Gasteiger partial charge in [0.15, 0.2) is 0 Å². The van der Waals surface area contributed by atoms with Gasteiger partial charge >= 0.3 is 0 Å². The zero-order valence-corrected chi connectivity index (χ0v) is 13.9. The van der Waals surface area contributed by atoms with E-state index in [0.717, 1.165) is 12.8 Å². The summed E-state index contributed by atoms with van der Waals surface area (Å²) in [6.07, 6.45) is 17.1. The molecule has 0 aromatic carbocycles. The third kappa shape index (κ3) is 14.3. The average Bonchev–Trinajstić information content (AvgIpc) is 2.43. The standard InChI is InChI=1S/C18H38O2/c1-3-4-5-6-7-8-9-10-11-12-13-14-15-16-18(20)17(2)19/h17-20H,3-16H2,1-2H3/t17-,18-/m0/s1. The maximum absolute atomic E-state index is 9.45. The van der Waals surface area contributed by atoms with E-state index in [1.165, 1.54) is 77.0 Å². The van der Waals surface area contributed by atoms with Crippen molar-refractivity contribution in [2.45, 2.75) is 116 Å². The van der Waals surface area contributed by atoms with Gasteiger partial charge in [0.05, 0.1) is 12.2 Å². The van der Waals surface area contributed by atoms with Crippen LogP contribution in [0.1, 0.15) is 104 Å². The highest BCUT2D eigenvalue weighted by atomic mass is 16.3. The van der Waals surface area contributed by atoms with Crippen LogP contribution in [0, 0.1) is 0 Å². The van der Waals surface area contributed by atoms with Gasteiger partial charge in [-0.2, -0.15) is 0 Å². The fraction of sp³-hybridized carbons (Fsp3) is 1.00. The van der Waals surface area contributed by atoms with Crippen molar-refractivity contribution in [3.63, 3.8) is 0 Å². The quantitative estimate of drug-likeness (QED) is 0.406. The number of hydrogen-bond donors (Lipinski definition) is 2. The average molecular weight is 286 g/mol. The first-order chi connectivity index (χ1) is 9.68. The minimum Gasteiger partial charge on any atom is -0.391 e. The molecule has 0 aliphatic heterocycles. The molecule has 0 fully saturated rings. The lowest BCUT2D eigenvalue weighted by molar-refractivity contribution is 0.0247. The Bertz CT molecular complexity index is 180. The van der Waals surface area contributed by atoms with Crippen molar-refractivity contribution in [1.29, 1.82) is 0 Å². The molecule has 0 aromatic heterocycles. The second-order valence-corrected chi connectivity index (χ2v) is 6.34. The Morgan fingerprint density at radius 3 is 1.30 bits per heavy atom. The van der Waals surface area contributed by atoms with E-state index in [9.17, 15) is 5.11 Å². The summed E-state index contributed by atoms with van der Waals surface area (Å²) in [7, 11) is 0. The predicted molar refractivity (Wildman–Crippen MR) is 88.0 cm³/mol. The fourth-order valence-electron chi connectivity index (χ4n) is 2.61. The molecule has 2 atom stereocenters. The first kappa shape index (κ1) is 19.9. The Morgan fingerprint density at radius 1 is 0.600 bits per heavy atom. The van der Waals surface area contributed by atoms with Crippen molar-refractivity contribution in [3.8, 4) is 0 Å². The van der Waals surface area contributed by atoms with Crippen molar-refractivity contribution >= 4 is 0 Å². The zero-order chi connectivity index (χ0) is 15.1. The molecule has 0 aromatic rings. The first-order valence-corrected chi connectivity index (χ1v) is 9.04. The van der Waals surface area contributed by atoms with Crippen LogP contribution in [-0.2, 0) is 0 Å². The lowest BCUT2D eigenvalue weighted by atomic mass is 10.0. The highest BCUT2D eigenvalue weighted by molar-refractivity contribution is 4.61. The van der Waals surface area contributed by atoms with Crippen LogP contribution in [0.4, 0.5) is 0 Å². The van der Waals surface area contributed by atoms with E-state index < -0.39 is 12.2 Å². The van der Waals surface area contributed by atoms with Crippen LogP contribution in [0.3, 0.4) is 0 Å². The van der Waals surface area contributed by atoms with Gasteiger partial charge in [-0.15, -0.1) is 0 Å². The summed E-state index contributed by atoms with van der Waals surface area (Å²) in [6, 6.07) is 0. The van der Waals surface area contributed by atoms with Crippen molar-refractivity contribution < 1.29 is 10.2 Å². The van der Waals surface area contributed by atoms with Crippen LogP contribution in [0.15, 0.2) is 0 Å². The molecule has 0 aliphatic carbocycles. The summed E-state index contributed by atoms with van der Waals surface area (Å²) in [4.78, 5) is 0. The molecule has 122 valence electrons. The molecule has 2 nitrogen and oxygen atoms in total. The number of aliphatic hydroxyl groups excluding tert-OH is 2. The second kappa shape index (κ2) is 15.3. The summed E-state index contributed by atoms with van der Waals surface area (Å²) >= 11 is 0. The highest BCUT2D eigenvalue weighted by Gasteiger charge is 2.09. The van der Waals surface area contributed by atoms with Crippen LogP contribution in [0.25, 0.3) is 0 Å². The molecule has 0 saturated heterocycles. The molecule has 2 heteroatoms. The Balaban J connectivity index is 3.03. The molecular weight excluding hydrogens is 248 g/mol. The summed E-state index contributed by atoms with van der Waals surface area (Å²) in [5, 5.41) is 18.6. The van der Waals surface area contributed by atoms with E-state index in [0.29, 0.717) is 0 Å². The second-order valence-electron chi connectivity index (χ2n) is 6.34. The molecular formula is C18H38O2. The minimum absolute atomic E-state index is 0.525. The normalized spacial score (nSPS) is 14.4. The Morgan fingerprint density at radius 2 is 0.950 bits per heavy atom. The molecule has 0 saturated carbocycles. The van der Waals surface area contributed by atoms with Gasteiger partial charge < -0.3 is 10.2 Å². The van der Waals surface area contributed by atoms with Gasteiger partial charge in [-0.1, -0.05) is 90.4 Å². The van der Waals surface area contributed by atoms with Gasteiger partial charge in [0.25, 0.3) is 0 Å². The van der Waals surface area contributed by atoms with E-state index in [1.807, 2.05) is 0 Å². The topological polar surface area (TPSA) is 40.5 Å².